The molecule has 3 heteroatoms. The van der Waals surface area contributed by atoms with E-state index in [4.69, 9.17) is 11.5 Å². The Hall–Kier alpha value is -1.01. The standard InChI is InChI=1S/C13H19NO2/c1-2-5-14(9-13(15)16)8-12-7-10-3-4-11(12)6-10/h1,10-12H,3-9H2,(H,15,16). The summed E-state index contributed by atoms with van der Waals surface area (Å²) in [5, 5.41) is 8.81. The van der Waals surface area contributed by atoms with Crippen molar-refractivity contribution in [3.05, 3.63) is 0 Å². The van der Waals surface area contributed by atoms with Gasteiger partial charge in [-0.3, -0.25) is 9.69 Å². The average molecular weight is 221 g/mol. The van der Waals surface area contributed by atoms with Crippen molar-refractivity contribution in [1.82, 2.24) is 4.90 Å². The van der Waals surface area contributed by atoms with Crippen molar-refractivity contribution in [2.45, 2.75) is 25.7 Å². The molecule has 0 amide bonds. The Kier molecular flexibility index (Phi) is 3.50. The monoisotopic (exact) mass is 221 g/mol. The minimum absolute atomic E-state index is 0.0814. The first kappa shape index (κ1) is 11.5. The van der Waals surface area contributed by atoms with Crippen molar-refractivity contribution in [2.24, 2.45) is 17.8 Å². The summed E-state index contributed by atoms with van der Waals surface area (Å²) in [7, 11) is 0. The van der Waals surface area contributed by atoms with E-state index in [1.807, 2.05) is 4.90 Å². The van der Waals surface area contributed by atoms with Crippen molar-refractivity contribution < 1.29 is 9.90 Å². The summed E-state index contributed by atoms with van der Waals surface area (Å²) in [6, 6.07) is 0. The van der Waals surface area contributed by atoms with E-state index in [2.05, 4.69) is 5.92 Å². The molecule has 2 bridgehead atoms. The van der Waals surface area contributed by atoms with Gasteiger partial charge in [-0.2, -0.15) is 0 Å². The maximum atomic E-state index is 10.7. The highest BCUT2D eigenvalue weighted by Gasteiger charge is 2.39. The number of fused-ring (bicyclic) bond motifs is 2. The van der Waals surface area contributed by atoms with Crippen LogP contribution in [-0.2, 0) is 4.79 Å². The van der Waals surface area contributed by atoms with E-state index in [1.165, 1.54) is 25.7 Å². The van der Waals surface area contributed by atoms with Crippen molar-refractivity contribution >= 4 is 5.97 Å². The summed E-state index contributed by atoms with van der Waals surface area (Å²) in [6.45, 7) is 1.41. The first-order valence-corrected chi connectivity index (χ1v) is 6.06. The molecule has 1 N–H and O–H groups in total. The number of carbonyl (C=O) groups is 1. The summed E-state index contributed by atoms with van der Waals surface area (Å²) >= 11 is 0. The number of nitrogens with zero attached hydrogens (tertiary/aromatic N) is 1. The average Bonchev–Trinajstić information content (AvgIpc) is 2.78. The quantitative estimate of drug-likeness (QED) is 0.714. The van der Waals surface area contributed by atoms with E-state index >= 15 is 0 Å². The Morgan fingerprint density at radius 2 is 2.25 bits per heavy atom. The maximum absolute atomic E-state index is 10.7. The minimum atomic E-state index is -0.779. The van der Waals surface area contributed by atoms with Gasteiger partial charge < -0.3 is 5.11 Å². The Balaban J connectivity index is 1.86. The number of aliphatic carboxylic acids is 1. The van der Waals surface area contributed by atoms with Crippen LogP contribution in [0.4, 0.5) is 0 Å². The van der Waals surface area contributed by atoms with Gasteiger partial charge in [0, 0.05) is 6.54 Å². The molecular formula is C13H19NO2. The zero-order valence-electron chi connectivity index (χ0n) is 9.56. The highest BCUT2D eigenvalue weighted by molar-refractivity contribution is 5.69. The molecule has 0 aromatic rings. The molecule has 88 valence electrons. The molecule has 3 atom stereocenters. The Morgan fingerprint density at radius 1 is 1.44 bits per heavy atom. The Bertz CT molecular complexity index is 308. The highest BCUT2D eigenvalue weighted by atomic mass is 16.4. The third-order valence-electron chi connectivity index (χ3n) is 4.05. The second kappa shape index (κ2) is 4.88. The first-order chi connectivity index (χ1) is 7.69. The van der Waals surface area contributed by atoms with Crippen molar-refractivity contribution in [3.8, 4) is 12.3 Å². The van der Waals surface area contributed by atoms with Gasteiger partial charge in [-0.25, -0.2) is 0 Å². The molecule has 2 saturated carbocycles. The Morgan fingerprint density at radius 3 is 2.75 bits per heavy atom. The second-order valence-electron chi connectivity index (χ2n) is 5.20. The van der Waals surface area contributed by atoms with Gasteiger partial charge >= 0.3 is 5.97 Å². The van der Waals surface area contributed by atoms with Crippen molar-refractivity contribution in [1.29, 1.82) is 0 Å². The molecule has 0 aromatic carbocycles. The summed E-state index contributed by atoms with van der Waals surface area (Å²) in [6.07, 6.45) is 10.6. The smallest absolute Gasteiger partial charge is 0.317 e. The van der Waals surface area contributed by atoms with Crippen LogP contribution >= 0.6 is 0 Å². The fourth-order valence-electron chi connectivity index (χ4n) is 3.44. The SMILES string of the molecule is C#CCN(CC(=O)O)CC1CC2CCC1C2. The summed E-state index contributed by atoms with van der Waals surface area (Å²) in [5.74, 6) is 4.20. The Labute approximate surface area is 96.8 Å². The molecule has 2 aliphatic carbocycles. The summed E-state index contributed by atoms with van der Waals surface area (Å²) in [5.41, 5.74) is 0. The van der Waals surface area contributed by atoms with Crippen LogP contribution in [0.2, 0.25) is 0 Å². The number of carboxylic acid groups (broad SMARTS) is 1. The van der Waals surface area contributed by atoms with Gasteiger partial charge in [0.1, 0.15) is 0 Å². The molecule has 2 rings (SSSR count). The van der Waals surface area contributed by atoms with Crippen LogP contribution in [0, 0.1) is 30.1 Å². The highest BCUT2D eigenvalue weighted by Crippen LogP contribution is 2.48. The summed E-state index contributed by atoms with van der Waals surface area (Å²) < 4.78 is 0. The number of rotatable bonds is 5. The molecule has 2 aliphatic rings. The van der Waals surface area contributed by atoms with Crippen molar-refractivity contribution in [2.75, 3.05) is 19.6 Å². The molecule has 0 heterocycles. The van der Waals surface area contributed by atoms with Crippen LogP contribution in [0.1, 0.15) is 25.7 Å². The third kappa shape index (κ3) is 2.56. The van der Waals surface area contributed by atoms with Gasteiger partial charge in [-0.05, 0) is 37.0 Å². The molecule has 0 spiro atoms. The molecule has 0 aliphatic heterocycles. The summed E-state index contributed by atoms with van der Waals surface area (Å²) in [4.78, 5) is 12.6. The van der Waals surface area contributed by atoms with Crippen LogP contribution < -0.4 is 0 Å². The topological polar surface area (TPSA) is 40.5 Å². The number of hydrogen-bond donors (Lipinski definition) is 1. The molecule has 0 aromatic heterocycles. The third-order valence-corrected chi connectivity index (χ3v) is 4.05. The van der Waals surface area contributed by atoms with Crippen LogP contribution in [-0.4, -0.2) is 35.6 Å². The van der Waals surface area contributed by atoms with E-state index in [0.29, 0.717) is 12.5 Å². The van der Waals surface area contributed by atoms with Gasteiger partial charge in [0.15, 0.2) is 0 Å². The fraction of sp³-hybridized carbons (Fsp3) is 0.769. The van der Waals surface area contributed by atoms with Crippen LogP contribution in [0.5, 0.6) is 0 Å². The van der Waals surface area contributed by atoms with Crippen LogP contribution in [0.3, 0.4) is 0 Å². The lowest BCUT2D eigenvalue weighted by Crippen LogP contribution is -2.36. The zero-order chi connectivity index (χ0) is 11.5. The molecule has 3 nitrogen and oxygen atoms in total. The largest absolute Gasteiger partial charge is 0.480 e. The molecular weight excluding hydrogens is 202 g/mol. The van der Waals surface area contributed by atoms with Crippen molar-refractivity contribution in [3.63, 3.8) is 0 Å². The van der Waals surface area contributed by atoms with E-state index < -0.39 is 5.97 Å². The van der Waals surface area contributed by atoms with Gasteiger partial charge in [0.2, 0.25) is 0 Å². The lowest BCUT2D eigenvalue weighted by atomic mass is 9.88. The predicted molar refractivity (Wildman–Crippen MR) is 61.8 cm³/mol. The number of hydrogen-bond acceptors (Lipinski definition) is 2. The zero-order valence-corrected chi connectivity index (χ0v) is 9.56. The molecule has 16 heavy (non-hydrogen) atoms. The number of carboxylic acids is 1. The van der Waals surface area contributed by atoms with Crippen LogP contribution in [0.25, 0.3) is 0 Å². The van der Waals surface area contributed by atoms with Crippen LogP contribution in [0.15, 0.2) is 0 Å². The molecule has 0 saturated heterocycles. The molecule has 3 unspecified atom stereocenters. The van der Waals surface area contributed by atoms with E-state index in [9.17, 15) is 4.79 Å². The van der Waals surface area contributed by atoms with Gasteiger partial charge in [0.25, 0.3) is 0 Å². The lowest BCUT2D eigenvalue weighted by Gasteiger charge is -2.27. The van der Waals surface area contributed by atoms with Gasteiger partial charge in [0.05, 0.1) is 13.1 Å². The second-order valence-corrected chi connectivity index (χ2v) is 5.20. The first-order valence-electron chi connectivity index (χ1n) is 6.06. The van der Waals surface area contributed by atoms with Gasteiger partial charge in [-0.1, -0.05) is 12.3 Å². The predicted octanol–water partition coefficient (Wildman–Crippen LogP) is 1.44. The lowest BCUT2D eigenvalue weighted by molar-refractivity contribution is -0.138. The van der Waals surface area contributed by atoms with Gasteiger partial charge in [-0.15, -0.1) is 6.42 Å². The molecule has 2 fully saturated rings. The normalized spacial score (nSPS) is 31.9. The van der Waals surface area contributed by atoms with E-state index in [1.54, 1.807) is 0 Å². The minimum Gasteiger partial charge on any atom is -0.480 e. The van der Waals surface area contributed by atoms with E-state index in [-0.39, 0.29) is 6.54 Å². The fourth-order valence-corrected chi connectivity index (χ4v) is 3.44. The number of terminal acetylenes is 1. The van der Waals surface area contributed by atoms with E-state index in [0.717, 1.165) is 18.4 Å². The maximum Gasteiger partial charge on any atom is 0.317 e. The molecule has 0 radical (unpaired) electrons.